The molecule has 330 valence electrons. The molecule has 65 heavy (non-hydrogen) atoms. The van der Waals surface area contributed by atoms with Gasteiger partial charge in [-0.2, -0.15) is 5.26 Å². The second-order valence-electron chi connectivity index (χ2n) is 17.7. The van der Waals surface area contributed by atoms with Crippen molar-refractivity contribution in [2.75, 3.05) is 61.6 Å². The Bertz CT molecular complexity index is 2990. The van der Waals surface area contributed by atoms with E-state index >= 15 is 0 Å². The molecule has 5 aliphatic rings. The molecular formula is C54H56N6O3PSe+. The van der Waals surface area contributed by atoms with Gasteiger partial charge in [0.1, 0.15) is 0 Å². The van der Waals surface area contributed by atoms with E-state index in [4.69, 9.17) is 18.7 Å². The number of likely N-dealkylation sites (N-methyl/N-ethyl adjacent to an activating group) is 1. The van der Waals surface area contributed by atoms with E-state index in [1.165, 1.54) is 53.9 Å². The van der Waals surface area contributed by atoms with Crippen molar-refractivity contribution in [2.45, 2.75) is 59.0 Å². The predicted octanol–water partition coefficient (Wildman–Crippen LogP) is 10.0. The summed E-state index contributed by atoms with van der Waals surface area (Å²) < 4.78 is 27.0. The fourth-order valence-corrected chi connectivity index (χ4v) is 13.9. The van der Waals surface area contributed by atoms with Crippen molar-refractivity contribution in [2.24, 2.45) is 0 Å². The van der Waals surface area contributed by atoms with Crippen LogP contribution in [0.15, 0.2) is 126 Å². The van der Waals surface area contributed by atoms with Crippen LogP contribution in [0.2, 0.25) is 0 Å². The van der Waals surface area contributed by atoms with Crippen LogP contribution < -0.4 is 33.6 Å². The van der Waals surface area contributed by atoms with E-state index in [1.807, 2.05) is 0 Å². The molecule has 1 unspecified atom stereocenters. The number of anilines is 5. The van der Waals surface area contributed by atoms with Gasteiger partial charge in [0.2, 0.25) is 0 Å². The maximum absolute atomic E-state index is 9.14. The third-order valence-electron chi connectivity index (χ3n) is 13.0. The third kappa shape index (κ3) is 8.36. The summed E-state index contributed by atoms with van der Waals surface area (Å²) in [5.41, 5.74) is 14.5. The molecule has 4 aliphatic heterocycles. The van der Waals surface area contributed by atoms with Gasteiger partial charge in [-0.05, 0) is 0 Å². The first-order chi connectivity index (χ1) is 31.7. The van der Waals surface area contributed by atoms with Crippen LogP contribution in [0.25, 0.3) is 33.4 Å². The Balaban J connectivity index is 0.984. The van der Waals surface area contributed by atoms with Gasteiger partial charge in [-0.3, -0.25) is 0 Å². The molecule has 9 nitrogen and oxygen atoms in total. The summed E-state index contributed by atoms with van der Waals surface area (Å²) in [5, 5.41) is 11.4. The number of nitriles is 1. The fourth-order valence-electron chi connectivity index (χ4n) is 9.80. The van der Waals surface area contributed by atoms with Crippen molar-refractivity contribution < 1.29 is 13.5 Å². The quantitative estimate of drug-likeness (QED) is 0.0372. The van der Waals surface area contributed by atoms with Crippen LogP contribution in [0.4, 0.5) is 34.1 Å². The molecule has 5 aromatic carbocycles. The van der Waals surface area contributed by atoms with E-state index in [1.54, 1.807) is 0 Å². The molecular weight excluding hydrogens is 891 g/mol. The van der Waals surface area contributed by atoms with Crippen LogP contribution in [-0.4, -0.2) is 78.7 Å². The fraction of sp³-hybridized carbons (Fsp3) is 0.296. The number of para-hydroxylation sites is 2. The van der Waals surface area contributed by atoms with Gasteiger partial charge in [-0.15, -0.1) is 0 Å². The molecule has 10 rings (SSSR count). The van der Waals surface area contributed by atoms with Crippen LogP contribution >= 0.6 is 8.53 Å². The van der Waals surface area contributed by atoms with Crippen molar-refractivity contribution in [3.8, 4) is 28.5 Å². The SMILES string of the molecule is CC(C)N(C(C)C)P(OCCC#N)OCCN(C)c1ccc2c(c1)[Se]c1cc(-c3c4ccc(=[N+]5CCc6ccccc65)cc-4oc4cc(N5CCc6ccccc65)ccc34)ccc1N2C. The Morgan fingerprint density at radius 3 is 2.37 bits per heavy atom. The maximum atomic E-state index is 9.14. The van der Waals surface area contributed by atoms with Gasteiger partial charge in [0, 0.05) is 0 Å². The van der Waals surface area contributed by atoms with Gasteiger partial charge in [0.25, 0.3) is 0 Å². The molecule has 0 fully saturated rings. The number of hydrogen-bond acceptors (Lipinski definition) is 8. The molecule has 5 aromatic rings. The number of fused-ring (bicyclic) bond motifs is 6. The molecule has 0 bridgehead atoms. The summed E-state index contributed by atoms with van der Waals surface area (Å²) in [7, 11) is 3.04. The Hall–Kier alpha value is -5.49. The third-order valence-corrected chi connectivity index (χ3v) is 17.4. The Labute approximate surface area is 390 Å². The molecule has 0 saturated carbocycles. The van der Waals surface area contributed by atoms with E-state index in [0.29, 0.717) is 26.2 Å². The molecule has 0 amide bonds. The molecule has 1 atom stereocenters. The molecule has 4 heterocycles. The molecule has 0 aromatic heterocycles. The number of hydrogen-bond donors (Lipinski definition) is 0. The zero-order valence-electron chi connectivity index (χ0n) is 38.1. The number of rotatable bonds is 13. The zero-order valence-corrected chi connectivity index (χ0v) is 40.7. The normalized spacial score (nSPS) is 15.4. The molecule has 0 saturated heterocycles. The molecule has 0 spiro atoms. The van der Waals surface area contributed by atoms with Gasteiger partial charge in [-0.1, -0.05) is 12.1 Å². The molecule has 1 aliphatic carbocycles. The van der Waals surface area contributed by atoms with Gasteiger partial charge < -0.3 is 0 Å². The summed E-state index contributed by atoms with van der Waals surface area (Å²) >= 11 is 0.0653. The van der Waals surface area contributed by atoms with Crippen LogP contribution in [-0.2, 0) is 21.9 Å². The van der Waals surface area contributed by atoms with E-state index in [-0.39, 0.29) is 27.0 Å². The van der Waals surface area contributed by atoms with Crippen molar-refractivity contribution in [3.05, 3.63) is 138 Å². The zero-order chi connectivity index (χ0) is 44.8. The first-order valence-corrected chi connectivity index (χ1v) is 25.7. The first-order valence-electron chi connectivity index (χ1n) is 22.8. The number of benzene rings is 6. The van der Waals surface area contributed by atoms with Crippen molar-refractivity contribution in [1.29, 1.82) is 5.26 Å². The molecule has 0 radical (unpaired) electrons. The van der Waals surface area contributed by atoms with Gasteiger partial charge >= 0.3 is 375 Å². The second-order valence-corrected chi connectivity index (χ2v) is 21.4. The topological polar surface area (TPSA) is 71.4 Å². The summed E-state index contributed by atoms with van der Waals surface area (Å²) in [6.45, 7) is 12.2. The first kappa shape index (κ1) is 43.4. The van der Waals surface area contributed by atoms with E-state index < -0.39 is 8.53 Å². The Morgan fingerprint density at radius 2 is 1.55 bits per heavy atom. The standard InChI is InChI=1S/C54H56N6O3PSe/c1-36(2)60(37(3)4)64(61-30-11-26-55)62-31-29-56(5)41-19-23-49-53(35-41)65-52-32-40(16-22-48(52)57(49)6)54-44-20-17-42(58-27-24-38-12-7-9-14-46(38)58)33-50(44)63-51-34-43(18-21-45(51)54)59-28-25-39-13-8-10-15-47(39)59/h7-10,12-23,32-37H,11,24-25,27-31H2,1-6H3/q+1. The summed E-state index contributed by atoms with van der Waals surface area (Å²) in [6.07, 6.45) is 2.42. The van der Waals surface area contributed by atoms with Crippen molar-refractivity contribution >= 4 is 77.5 Å². The predicted molar refractivity (Wildman–Crippen MR) is 269 cm³/mol. The summed E-state index contributed by atoms with van der Waals surface area (Å²) in [6, 6.07) is 47.7. The second kappa shape index (κ2) is 18.4. The van der Waals surface area contributed by atoms with Crippen LogP contribution in [0.3, 0.4) is 0 Å². The van der Waals surface area contributed by atoms with Gasteiger partial charge in [0.15, 0.2) is 0 Å². The van der Waals surface area contributed by atoms with Crippen molar-refractivity contribution in [3.63, 3.8) is 0 Å². The van der Waals surface area contributed by atoms with Gasteiger partial charge in [0.05, 0.1) is 0 Å². The summed E-state index contributed by atoms with van der Waals surface area (Å²) in [4.78, 5) is 7.05. The van der Waals surface area contributed by atoms with E-state index in [2.05, 4.69) is 193 Å². The van der Waals surface area contributed by atoms with Crippen LogP contribution in [0, 0.1) is 11.3 Å². The minimum absolute atomic E-state index is 0.0653. The van der Waals surface area contributed by atoms with Crippen LogP contribution in [0.5, 0.6) is 0 Å². The minimum atomic E-state index is -1.29. The Morgan fingerprint density at radius 1 is 0.800 bits per heavy atom. The van der Waals surface area contributed by atoms with E-state index in [9.17, 15) is 0 Å². The Kier molecular flexibility index (Phi) is 12.3. The monoisotopic (exact) mass is 947 g/mol. The summed E-state index contributed by atoms with van der Waals surface area (Å²) in [5.74, 6) is 0.887. The average Bonchev–Trinajstić information content (AvgIpc) is 3.95. The average molecular weight is 947 g/mol. The molecule has 0 N–H and O–H groups in total. The van der Waals surface area contributed by atoms with Crippen molar-refractivity contribution in [1.82, 2.24) is 9.25 Å². The number of nitrogens with zero attached hydrogens (tertiary/aromatic N) is 6. The van der Waals surface area contributed by atoms with E-state index in [0.717, 1.165) is 65.0 Å². The molecule has 11 heteroatoms. The van der Waals surface area contributed by atoms with Gasteiger partial charge in [-0.25, -0.2) is 0 Å². The van der Waals surface area contributed by atoms with Crippen LogP contribution in [0.1, 0.15) is 45.2 Å².